The summed E-state index contributed by atoms with van der Waals surface area (Å²) in [5.74, 6) is 1.06. The molecule has 3 amide bonds. The molecule has 2 heterocycles. The summed E-state index contributed by atoms with van der Waals surface area (Å²) < 4.78 is 20.5. The van der Waals surface area contributed by atoms with E-state index in [1.807, 2.05) is 0 Å². The van der Waals surface area contributed by atoms with E-state index in [1.54, 1.807) is 23.1 Å². The highest BCUT2D eigenvalue weighted by Gasteiger charge is 2.37. The maximum Gasteiger partial charge on any atom is 0.417 e. The fraction of sp³-hybridized carbons (Fsp3) is 0.421. The number of cyclic esters (lactones) is 1. The van der Waals surface area contributed by atoms with Crippen molar-refractivity contribution in [2.24, 2.45) is 5.92 Å². The van der Waals surface area contributed by atoms with Gasteiger partial charge in [-0.15, -0.1) is 0 Å². The van der Waals surface area contributed by atoms with Gasteiger partial charge in [0.2, 0.25) is 11.7 Å². The van der Waals surface area contributed by atoms with Crippen LogP contribution in [0.2, 0.25) is 0 Å². The standard InChI is InChI=1S/C19H22N2O7/c1-25-14-6-12(7-15(26-2)18(14)27-3)4-5-16(22)20-8-13(9-20)10-21-17(23)11-28-19(21)24/h4-7,13H,8-11H2,1-3H3/b5-4+. The van der Waals surface area contributed by atoms with Gasteiger partial charge in [-0.05, 0) is 23.8 Å². The second-order valence-corrected chi connectivity index (χ2v) is 6.46. The average Bonchev–Trinajstić information content (AvgIpc) is 2.99. The summed E-state index contributed by atoms with van der Waals surface area (Å²) in [4.78, 5) is 38.1. The number of hydrogen-bond donors (Lipinski definition) is 0. The van der Waals surface area contributed by atoms with Gasteiger partial charge >= 0.3 is 6.09 Å². The van der Waals surface area contributed by atoms with Gasteiger partial charge < -0.3 is 23.8 Å². The van der Waals surface area contributed by atoms with Crippen molar-refractivity contribution in [3.8, 4) is 17.2 Å². The van der Waals surface area contributed by atoms with Crippen LogP contribution in [-0.2, 0) is 14.3 Å². The number of methoxy groups -OCH3 is 3. The number of carbonyl (C=O) groups excluding carboxylic acids is 3. The predicted molar refractivity (Wildman–Crippen MR) is 98.3 cm³/mol. The van der Waals surface area contributed by atoms with Crippen LogP contribution in [0.5, 0.6) is 17.2 Å². The number of rotatable bonds is 7. The number of benzene rings is 1. The smallest absolute Gasteiger partial charge is 0.417 e. The van der Waals surface area contributed by atoms with E-state index in [4.69, 9.17) is 14.2 Å². The van der Waals surface area contributed by atoms with Crippen LogP contribution in [-0.4, -0.2) is 75.3 Å². The Morgan fingerprint density at radius 1 is 1.14 bits per heavy atom. The first-order chi connectivity index (χ1) is 13.5. The summed E-state index contributed by atoms with van der Waals surface area (Å²) >= 11 is 0. The number of carbonyl (C=O) groups is 3. The summed E-state index contributed by atoms with van der Waals surface area (Å²) in [6.07, 6.45) is 2.52. The number of nitrogens with zero attached hydrogens (tertiary/aromatic N) is 2. The topological polar surface area (TPSA) is 94.6 Å². The highest BCUT2D eigenvalue weighted by molar-refractivity contribution is 5.98. The van der Waals surface area contributed by atoms with Crippen LogP contribution in [0.25, 0.3) is 6.08 Å². The number of amides is 3. The minimum atomic E-state index is -0.614. The Morgan fingerprint density at radius 3 is 2.29 bits per heavy atom. The van der Waals surface area contributed by atoms with Crippen LogP contribution in [0.15, 0.2) is 18.2 Å². The van der Waals surface area contributed by atoms with Crippen molar-refractivity contribution in [2.75, 3.05) is 47.6 Å². The third kappa shape index (κ3) is 3.88. The molecule has 2 saturated heterocycles. The zero-order valence-electron chi connectivity index (χ0n) is 16.0. The van der Waals surface area contributed by atoms with Crippen molar-refractivity contribution in [3.05, 3.63) is 23.8 Å². The monoisotopic (exact) mass is 390 g/mol. The Balaban J connectivity index is 1.58. The fourth-order valence-corrected chi connectivity index (χ4v) is 3.15. The zero-order chi connectivity index (χ0) is 20.3. The van der Waals surface area contributed by atoms with Crippen LogP contribution < -0.4 is 14.2 Å². The fourth-order valence-electron chi connectivity index (χ4n) is 3.15. The van der Waals surface area contributed by atoms with Crippen LogP contribution in [0.1, 0.15) is 5.56 Å². The first-order valence-electron chi connectivity index (χ1n) is 8.71. The van der Waals surface area contributed by atoms with E-state index in [0.717, 1.165) is 10.5 Å². The minimum Gasteiger partial charge on any atom is -0.493 e. The molecule has 0 aliphatic carbocycles. The molecular formula is C19H22N2O7. The van der Waals surface area contributed by atoms with Gasteiger partial charge in [0.25, 0.3) is 5.91 Å². The molecule has 150 valence electrons. The van der Waals surface area contributed by atoms with Gasteiger partial charge in [0.05, 0.1) is 21.3 Å². The van der Waals surface area contributed by atoms with E-state index in [9.17, 15) is 14.4 Å². The highest BCUT2D eigenvalue weighted by Crippen LogP contribution is 2.38. The second-order valence-electron chi connectivity index (χ2n) is 6.46. The van der Waals surface area contributed by atoms with Gasteiger partial charge in [-0.25, -0.2) is 9.69 Å². The van der Waals surface area contributed by atoms with Gasteiger partial charge in [-0.1, -0.05) is 0 Å². The quantitative estimate of drug-likeness (QED) is 0.645. The molecule has 0 N–H and O–H groups in total. The second kappa shape index (κ2) is 8.20. The molecule has 0 atom stereocenters. The Labute approximate surface area is 162 Å². The van der Waals surface area contributed by atoms with Crippen molar-refractivity contribution in [3.63, 3.8) is 0 Å². The van der Waals surface area contributed by atoms with Crippen molar-refractivity contribution in [1.82, 2.24) is 9.80 Å². The summed E-state index contributed by atoms with van der Waals surface area (Å²) in [6.45, 7) is 1.04. The first kappa shape index (κ1) is 19.5. The van der Waals surface area contributed by atoms with Crippen molar-refractivity contribution < 1.29 is 33.3 Å². The van der Waals surface area contributed by atoms with E-state index in [2.05, 4.69) is 4.74 Å². The van der Waals surface area contributed by atoms with E-state index in [-0.39, 0.29) is 30.9 Å². The molecule has 0 radical (unpaired) electrons. The zero-order valence-corrected chi connectivity index (χ0v) is 16.0. The maximum absolute atomic E-state index is 12.3. The Morgan fingerprint density at radius 2 is 1.79 bits per heavy atom. The molecule has 0 spiro atoms. The van der Waals surface area contributed by atoms with Gasteiger partial charge in [0.15, 0.2) is 18.1 Å². The molecule has 0 unspecified atom stereocenters. The van der Waals surface area contributed by atoms with Crippen LogP contribution in [0.4, 0.5) is 4.79 Å². The van der Waals surface area contributed by atoms with Gasteiger partial charge in [-0.3, -0.25) is 9.59 Å². The third-order valence-electron chi connectivity index (χ3n) is 4.66. The number of ether oxygens (including phenoxy) is 4. The van der Waals surface area contributed by atoms with Gasteiger partial charge in [0, 0.05) is 31.6 Å². The predicted octanol–water partition coefficient (Wildman–Crippen LogP) is 1.16. The molecule has 1 aromatic rings. The van der Waals surface area contributed by atoms with Gasteiger partial charge in [-0.2, -0.15) is 0 Å². The van der Waals surface area contributed by atoms with Crippen molar-refractivity contribution >= 4 is 24.0 Å². The lowest BCUT2D eigenvalue weighted by Gasteiger charge is -2.39. The summed E-state index contributed by atoms with van der Waals surface area (Å²) in [6, 6.07) is 3.49. The Kier molecular flexibility index (Phi) is 5.72. The Hall–Kier alpha value is -3.23. The highest BCUT2D eigenvalue weighted by atomic mass is 16.6. The molecule has 2 aliphatic heterocycles. The molecule has 0 aromatic heterocycles. The van der Waals surface area contributed by atoms with E-state index >= 15 is 0 Å². The molecule has 28 heavy (non-hydrogen) atoms. The third-order valence-corrected chi connectivity index (χ3v) is 4.66. The molecule has 1 aromatic carbocycles. The lowest BCUT2D eigenvalue weighted by molar-refractivity contribution is -0.133. The lowest BCUT2D eigenvalue weighted by Crippen LogP contribution is -2.54. The first-order valence-corrected chi connectivity index (χ1v) is 8.71. The van der Waals surface area contributed by atoms with E-state index in [1.165, 1.54) is 27.4 Å². The molecule has 0 bridgehead atoms. The van der Waals surface area contributed by atoms with Crippen molar-refractivity contribution in [1.29, 1.82) is 0 Å². The number of likely N-dealkylation sites (tertiary alicyclic amines) is 1. The summed E-state index contributed by atoms with van der Waals surface area (Å²) in [7, 11) is 4.57. The summed E-state index contributed by atoms with van der Waals surface area (Å²) in [5.41, 5.74) is 0.727. The summed E-state index contributed by atoms with van der Waals surface area (Å²) in [5, 5.41) is 0. The molecule has 2 aliphatic rings. The maximum atomic E-state index is 12.3. The molecule has 9 nitrogen and oxygen atoms in total. The molecule has 3 rings (SSSR count). The normalized spacial score (nSPS) is 17.0. The van der Waals surface area contributed by atoms with Crippen molar-refractivity contribution in [2.45, 2.75) is 0 Å². The van der Waals surface area contributed by atoms with E-state index in [0.29, 0.717) is 30.3 Å². The molecule has 2 fully saturated rings. The van der Waals surface area contributed by atoms with E-state index < -0.39 is 6.09 Å². The Bertz CT molecular complexity index is 773. The number of hydrogen-bond acceptors (Lipinski definition) is 7. The number of imide groups is 1. The molecule has 0 saturated carbocycles. The molecular weight excluding hydrogens is 368 g/mol. The average molecular weight is 390 g/mol. The van der Waals surface area contributed by atoms with Gasteiger partial charge in [0.1, 0.15) is 0 Å². The SMILES string of the molecule is COc1cc(/C=C/C(=O)N2CC(CN3C(=O)COC3=O)C2)cc(OC)c1OC. The largest absolute Gasteiger partial charge is 0.493 e. The van der Waals surface area contributed by atoms with Crippen LogP contribution >= 0.6 is 0 Å². The minimum absolute atomic E-state index is 0.0631. The van der Waals surface area contributed by atoms with Crippen LogP contribution in [0, 0.1) is 5.92 Å². The van der Waals surface area contributed by atoms with Crippen LogP contribution in [0.3, 0.4) is 0 Å². The molecule has 9 heteroatoms. The lowest BCUT2D eigenvalue weighted by atomic mass is 9.99.